The molecule has 0 saturated heterocycles. The van der Waals surface area contributed by atoms with Crippen molar-refractivity contribution in [1.29, 1.82) is 0 Å². The van der Waals surface area contributed by atoms with Crippen LogP contribution in [0.25, 0.3) is 0 Å². The summed E-state index contributed by atoms with van der Waals surface area (Å²) < 4.78 is 44.4. The molecule has 1 N–H and O–H groups in total. The summed E-state index contributed by atoms with van der Waals surface area (Å²) >= 11 is 1.34. The van der Waals surface area contributed by atoms with E-state index in [1.807, 2.05) is 0 Å². The molecular formula is C21H25FN2O5S2. The number of amides is 1. The van der Waals surface area contributed by atoms with E-state index < -0.39 is 34.3 Å². The number of fused-ring (bicyclic) bond motifs is 1. The number of hydrogen-bond acceptors (Lipinski definition) is 6. The molecule has 0 aliphatic heterocycles. The minimum absolute atomic E-state index is 0.114. The van der Waals surface area contributed by atoms with Crippen molar-refractivity contribution in [2.45, 2.75) is 38.0 Å². The second kappa shape index (κ2) is 9.46. The first-order valence-corrected chi connectivity index (χ1v) is 12.2. The molecule has 1 aromatic heterocycles. The van der Waals surface area contributed by atoms with Gasteiger partial charge in [-0.1, -0.05) is 6.92 Å². The quantitative estimate of drug-likeness (QED) is 0.629. The fourth-order valence-electron chi connectivity index (χ4n) is 3.50. The Morgan fingerprint density at radius 1 is 1.29 bits per heavy atom. The lowest BCUT2D eigenvalue weighted by molar-refractivity contribution is -0.116. The summed E-state index contributed by atoms with van der Waals surface area (Å²) in [7, 11) is -2.70. The first-order valence-electron chi connectivity index (χ1n) is 9.96. The van der Waals surface area contributed by atoms with Gasteiger partial charge in [-0.25, -0.2) is 17.6 Å². The number of anilines is 1. The molecule has 3 rings (SSSR count). The maximum Gasteiger partial charge on any atom is 0.341 e. The standard InChI is InChI=1S/C21H25FN2O5S2/c1-4-29-21(26)19-16-10-5-13(2)11-17(16)30-20(19)23-18(25)12-24(3)31(27,28)15-8-6-14(22)7-9-15/h6-9,13H,4-5,10-12H2,1-3H3,(H,23,25). The average molecular weight is 469 g/mol. The van der Waals surface area contributed by atoms with Crippen LogP contribution >= 0.6 is 11.3 Å². The number of sulfonamides is 1. The molecule has 1 aliphatic carbocycles. The third-order valence-corrected chi connectivity index (χ3v) is 8.12. The molecular weight excluding hydrogens is 443 g/mol. The molecule has 0 radical (unpaired) electrons. The van der Waals surface area contributed by atoms with Crippen LogP contribution in [0.5, 0.6) is 0 Å². The molecule has 1 aromatic carbocycles. The van der Waals surface area contributed by atoms with Gasteiger partial charge in [0.1, 0.15) is 10.8 Å². The zero-order valence-electron chi connectivity index (χ0n) is 17.6. The number of esters is 1. The number of carbonyl (C=O) groups is 2. The van der Waals surface area contributed by atoms with Crippen LogP contribution in [0, 0.1) is 11.7 Å². The lowest BCUT2D eigenvalue weighted by Crippen LogP contribution is -2.35. The monoisotopic (exact) mass is 468 g/mol. The Kier molecular flexibility index (Phi) is 7.13. The smallest absolute Gasteiger partial charge is 0.341 e. The predicted molar refractivity (Wildman–Crippen MR) is 116 cm³/mol. The summed E-state index contributed by atoms with van der Waals surface area (Å²) in [4.78, 5) is 26.1. The lowest BCUT2D eigenvalue weighted by atomic mass is 9.88. The van der Waals surface area contributed by atoms with E-state index in [4.69, 9.17) is 4.74 Å². The molecule has 1 amide bonds. The number of nitrogens with zero attached hydrogens (tertiary/aromatic N) is 1. The van der Waals surface area contributed by atoms with Gasteiger partial charge in [-0.2, -0.15) is 4.31 Å². The minimum atomic E-state index is -3.97. The zero-order valence-corrected chi connectivity index (χ0v) is 19.2. The molecule has 10 heteroatoms. The normalized spacial score (nSPS) is 16.1. The summed E-state index contributed by atoms with van der Waals surface area (Å²) in [6, 6.07) is 4.38. The SMILES string of the molecule is CCOC(=O)c1c(NC(=O)CN(C)S(=O)(=O)c2ccc(F)cc2)sc2c1CCC(C)C2. The van der Waals surface area contributed by atoms with Crippen molar-refractivity contribution in [1.82, 2.24) is 4.31 Å². The zero-order chi connectivity index (χ0) is 22.8. The Morgan fingerprint density at radius 3 is 2.61 bits per heavy atom. The van der Waals surface area contributed by atoms with E-state index in [2.05, 4.69) is 12.2 Å². The van der Waals surface area contributed by atoms with E-state index >= 15 is 0 Å². The molecule has 1 heterocycles. The number of halogens is 1. The van der Waals surface area contributed by atoms with Gasteiger partial charge >= 0.3 is 5.97 Å². The van der Waals surface area contributed by atoms with Crippen molar-refractivity contribution < 1.29 is 27.1 Å². The number of nitrogens with one attached hydrogen (secondary N) is 1. The molecule has 0 spiro atoms. The third kappa shape index (κ3) is 5.13. The summed E-state index contributed by atoms with van der Waals surface area (Å²) in [5.74, 6) is -1.14. The number of benzene rings is 1. The number of rotatable bonds is 7. The predicted octanol–water partition coefficient (Wildman–Crippen LogP) is 3.45. The van der Waals surface area contributed by atoms with Crippen LogP contribution in [0.3, 0.4) is 0 Å². The van der Waals surface area contributed by atoms with Gasteiger partial charge in [0.15, 0.2) is 0 Å². The van der Waals surface area contributed by atoms with Gasteiger partial charge in [0.25, 0.3) is 0 Å². The first-order chi connectivity index (χ1) is 14.6. The van der Waals surface area contributed by atoms with Crippen molar-refractivity contribution in [2.75, 3.05) is 25.5 Å². The largest absolute Gasteiger partial charge is 0.462 e. The number of carbonyl (C=O) groups excluding carboxylic acids is 2. The molecule has 0 bridgehead atoms. The highest BCUT2D eigenvalue weighted by Gasteiger charge is 2.30. The highest BCUT2D eigenvalue weighted by molar-refractivity contribution is 7.89. The third-order valence-electron chi connectivity index (χ3n) is 5.13. The van der Waals surface area contributed by atoms with Crippen molar-refractivity contribution in [3.63, 3.8) is 0 Å². The number of ether oxygens (including phenoxy) is 1. The summed E-state index contributed by atoms with van der Waals surface area (Å²) in [6.45, 7) is 3.61. The van der Waals surface area contributed by atoms with Gasteiger partial charge in [0.05, 0.1) is 23.6 Å². The fraction of sp³-hybridized carbons (Fsp3) is 0.429. The molecule has 1 atom stereocenters. The van der Waals surface area contributed by atoms with Gasteiger partial charge < -0.3 is 10.1 Å². The number of thiophene rings is 1. The van der Waals surface area contributed by atoms with Crippen LogP contribution in [-0.4, -0.2) is 44.8 Å². The summed E-state index contributed by atoms with van der Waals surface area (Å²) in [6.07, 6.45) is 2.50. The molecule has 31 heavy (non-hydrogen) atoms. The molecule has 168 valence electrons. The molecule has 0 saturated carbocycles. The van der Waals surface area contributed by atoms with Crippen molar-refractivity contribution in [3.8, 4) is 0 Å². The number of likely N-dealkylation sites (N-methyl/N-ethyl adjacent to an activating group) is 1. The molecule has 1 aliphatic rings. The van der Waals surface area contributed by atoms with E-state index in [0.717, 1.165) is 58.3 Å². The number of hydrogen-bond donors (Lipinski definition) is 1. The maximum absolute atomic E-state index is 13.1. The lowest BCUT2D eigenvalue weighted by Gasteiger charge is -2.18. The Hall–Kier alpha value is -2.30. The average Bonchev–Trinajstić information content (AvgIpc) is 3.05. The highest BCUT2D eigenvalue weighted by Crippen LogP contribution is 2.40. The topological polar surface area (TPSA) is 92.8 Å². The van der Waals surface area contributed by atoms with Gasteiger partial charge in [-0.3, -0.25) is 4.79 Å². The Labute approximate surface area is 185 Å². The van der Waals surface area contributed by atoms with Crippen LogP contribution in [0.1, 0.15) is 41.1 Å². The van der Waals surface area contributed by atoms with Crippen molar-refractivity contribution in [2.24, 2.45) is 5.92 Å². The van der Waals surface area contributed by atoms with Gasteiger partial charge in [0, 0.05) is 11.9 Å². The molecule has 2 aromatic rings. The Balaban J connectivity index is 1.79. The van der Waals surface area contributed by atoms with Crippen LogP contribution in [-0.2, 0) is 32.4 Å². The second-order valence-electron chi connectivity index (χ2n) is 7.54. The van der Waals surface area contributed by atoms with Crippen molar-refractivity contribution >= 4 is 38.2 Å². The Bertz CT molecular complexity index is 1080. The summed E-state index contributed by atoms with van der Waals surface area (Å²) in [5, 5.41) is 3.08. The van der Waals surface area contributed by atoms with E-state index in [1.54, 1.807) is 6.92 Å². The van der Waals surface area contributed by atoms with E-state index in [1.165, 1.54) is 18.4 Å². The Morgan fingerprint density at radius 2 is 1.97 bits per heavy atom. The van der Waals surface area contributed by atoms with Gasteiger partial charge in [0.2, 0.25) is 15.9 Å². The first kappa shape index (κ1) is 23.4. The maximum atomic E-state index is 13.1. The second-order valence-corrected chi connectivity index (χ2v) is 10.7. The molecule has 7 nitrogen and oxygen atoms in total. The van der Waals surface area contributed by atoms with Crippen LogP contribution < -0.4 is 5.32 Å². The van der Waals surface area contributed by atoms with E-state index in [9.17, 15) is 22.4 Å². The van der Waals surface area contributed by atoms with Gasteiger partial charge in [-0.15, -0.1) is 11.3 Å². The van der Waals surface area contributed by atoms with Crippen LogP contribution in [0.15, 0.2) is 29.2 Å². The van der Waals surface area contributed by atoms with E-state index in [0.29, 0.717) is 16.5 Å². The fourth-order valence-corrected chi connectivity index (χ4v) is 6.04. The van der Waals surface area contributed by atoms with E-state index in [-0.39, 0.29) is 11.5 Å². The van der Waals surface area contributed by atoms with Crippen molar-refractivity contribution in [3.05, 3.63) is 46.1 Å². The minimum Gasteiger partial charge on any atom is -0.462 e. The van der Waals surface area contributed by atoms with Crippen LogP contribution in [0.2, 0.25) is 0 Å². The molecule has 0 fully saturated rings. The molecule has 1 unspecified atom stereocenters. The highest BCUT2D eigenvalue weighted by atomic mass is 32.2. The van der Waals surface area contributed by atoms with Crippen LogP contribution in [0.4, 0.5) is 9.39 Å². The summed E-state index contributed by atoms with van der Waals surface area (Å²) in [5.41, 5.74) is 1.27. The van der Waals surface area contributed by atoms with Gasteiger partial charge in [-0.05, 0) is 61.9 Å².